The number of ketones is 1. The summed E-state index contributed by atoms with van der Waals surface area (Å²) in [4.78, 5) is 71.8. The van der Waals surface area contributed by atoms with E-state index < -0.39 is 0 Å². The number of unbranched alkanes of at least 4 members (excludes halogenated alkanes) is 16. The number of carbonyl (C=O) groups is 5. The Balaban J connectivity index is 5.84. The smallest absolute Gasteiger partial charge is 0.234 e. The Morgan fingerprint density at radius 1 is 0.338 bits per heavy atom. The molecule has 12 N–H and O–H groups in total. The second-order valence-electron chi connectivity index (χ2n) is 17.6. The van der Waals surface area contributed by atoms with Gasteiger partial charge in [0.1, 0.15) is 5.78 Å². The number of nitrogens with two attached hydrogens (primary N) is 3. The lowest BCUT2D eigenvalue weighted by molar-refractivity contribution is -0.126. The molecule has 0 aromatic carbocycles. The molecule has 0 fully saturated rings. The van der Waals surface area contributed by atoms with Crippen molar-refractivity contribution in [3.05, 3.63) is 0 Å². The Bertz CT molecular complexity index is 1080. The monoisotopic (exact) mass is 925 g/mol. The second kappa shape index (κ2) is 47.7. The van der Waals surface area contributed by atoms with Gasteiger partial charge in [-0.1, -0.05) is 110 Å². The van der Waals surface area contributed by atoms with Gasteiger partial charge in [0.2, 0.25) is 23.6 Å². The van der Waals surface area contributed by atoms with E-state index in [1.54, 1.807) is 0 Å². The highest BCUT2D eigenvalue weighted by Crippen LogP contribution is 2.09. The lowest BCUT2D eigenvalue weighted by Gasteiger charge is -2.29. The zero-order valence-corrected chi connectivity index (χ0v) is 41.6. The fourth-order valence-corrected chi connectivity index (χ4v) is 7.43. The van der Waals surface area contributed by atoms with Crippen LogP contribution in [0.4, 0.5) is 0 Å². The fourth-order valence-electron chi connectivity index (χ4n) is 7.43. The van der Waals surface area contributed by atoms with E-state index in [0.717, 1.165) is 57.8 Å². The number of amides is 4. The van der Waals surface area contributed by atoms with Gasteiger partial charge in [0.15, 0.2) is 0 Å². The van der Waals surface area contributed by atoms with Gasteiger partial charge in [-0.2, -0.15) is 0 Å². The van der Waals surface area contributed by atoms with Gasteiger partial charge < -0.3 is 49.1 Å². The van der Waals surface area contributed by atoms with Crippen LogP contribution in [0, 0.1) is 0 Å². The van der Waals surface area contributed by atoms with E-state index in [1.807, 2.05) is 14.7 Å². The molecular weight excluding hydrogens is 825 g/mol. The number of hydrogen-bond acceptors (Lipinski definition) is 13. The van der Waals surface area contributed by atoms with Gasteiger partial charge >= 0.3 is 0 Å². The first-order valence-electron chi connectivity index (χ1n) is 26.0. The number of rotatable bonds is 50. The number of nitrogens with zero attached hydrogens (tertiary/aromatic N) is 3. The largest absolute Gasteiger partial charge is 0.355 e. The van der Waals surface area contributed by atoms with Crippen molar-refractivity contribution >= 4 is 29.4 Å². The van der Waals surface area contributed by atoms with Crippen LogP contribution in [0.15, 0.2) is 0 Å². The van der Waals surface area contributed by atoms with Crippen LogP contribution in [0.3, 0.4) is 0 Å². The van der Waals surface area contributed by atoms with Gasteiger partial charge in [0, 0.05) is 91.5 Å². The summed E-state index contributed by atoms with van der Waals surface area (Å²) in [6.07, 6.45) is 22.5. The molecule has 0 saturated heterocycles. The minimum Gasteiger partial charge on any atom is -0.355 e. The molecule has 0 aromatic heterocycles. The summed E-state index contributed by atoms with van der Waals surface area (Å²) in [5.74, 6) is -0.553. The van der Waals surface area contributed by atoms with Crippen molar-refractivity contribution in [2.45, 2.75) is 149 Å². The third-order valence-corrected chi connectivity index (χ3v) is 11.3. The van der Waals surface area contributed by atoms with E-state index in [-0.39, 0.29) is 62.1 Å². The van der Waals surface area contributed by atoms with Crippen molar-refractivity contribution in [1.29, 1.82) is 0 Å². The van der Waals surface area contributed by atoms with Crippen molar-refractivity contribution in [3.63, 3.8) is 0 Å². The Morgan fingerprint density at radius 2 is 0.692 bits per heavy atom. The molecule has 0 spiro atoms. The molecule has 0 aromatic rings. The maximum atomic E-state index is 13.3. The highest BCUT2D eigenvalue weighted by atomic mass is 16.2. The van der Waals surface area contributed by atoms with Gasteiger partial charge in [-0.15, -0.1) is 0 Å². The highest BCUT2D eigenvalue weighted by Gasteiger charge is 2.20. The molecule has 0 unspecified atom stereocenters. The van der Waals surface area contributed by atoms with Crippen molar-refractivity contribution in [2.75, 3.05) is 131 Å². The summed E-state index contributed by atoms with van der Waals surface area (Å²) in [6.45, 7) is 12.7. The van der Waals surface area contributed by atoms with Gasteiger partial charge in [0.25, 0.3) is 0 Å². The summed E-state index contributed by atoms with van der Waals surface area (Å²) in [6, 6.07) is 0. The van der Waals surface area contributed by atoms with Crippen LogP contribution in [0.2, 0.25) is 0 Å². The van der Waals surface area contributed by atoms with E-state index in [1.165, 1.54) is 64.2 Å². The average molecular weight is 925 g/mol. The van der Waals surface area contributed by atoms with Crippen LogP contribution in [-0.2, 0) is 24.0 Å². The van der Waals surface area contributed by atoms with Crippen LogP contribution < -0.4 is 49.1 Å². The lowest BCUT2D eigenvalue weighted by Crippen LogP contribution is -2.49. The summed E-state index contributed by atoms with van der Waals surface area (Å²) in [5.41, 5.74) is 16.8. The molecule has 0 aliphatic heterocycles. The molecule has 4 amide bonds. The normalized spacial score (nSPS) is 11.4. The molecule has 0 radical (unpaired) electrons. The maximum absolute atomic E-state index is 13.3. The molecule has 17 heteroatoms. The van der Waals surface area contributed by atoms with Crippen molar-refractivity contribution in [1.82, 2.24) is 46.6 Å². The second-order valence-corrected chi connectivity index (χ2v) is 17.6. The Morgan fingerprint density at radius 3 is 1.12 bits per heavy atom. The molecule has 382 valence electrons. The molecule has 17 nitrogen and oxygen atoms in total. The summed E-state index contributed by atoms with van der Waals surface area (Å²) in [7, 11) is 0. The number of nitrogens with one attached hydrogen (secondary N) is 6. The van der Waals surface area contributed by atoms with Crippen LogP contribution in [0.5, 0.6) is 0 Å². The maximum Gasteiger partial charge on any atom is 0.234 e. The van der Waals surface area contributed by atoms with E-state index in [4.69, 9.17) is 17.2 Å². The van der Waals surface area contributed by atoms with Crippen molar-refractivity contribution in [3.8, 4) is 0 Å². The molecule has 0 aliphatic rings. The predicted octanol–water partition coefficient (Wildman–Crippen LogP) is 2.21. The summed E-state index contributed by atoms with van der Waals surface area (Å²) < 4.78 is 0. The van der Waals surface area contributed by atoms with E-state index in [9.17, 15) is 24.0 Å². The first-order chi connectivity index (χ1) is 31.7. The van der Waals surface area contributed by atoms with Crippen LogP contribution >= 0.6 is 0 Å². The average Bonchev–Trinajstić information content (AvgIpc) is 3.28. The van der Waals surface area contributed by atoms with Crippen LogP contribution in [0.25, 0.3) is 0 Å². The molecule has 0 bridgehead atoms. The lowest BCUT2D eigenvalue weighted by atomic mass is 10.1. The molecule has 0 saturated carbocycles. The van der Waals surface area contributed by atoms with E-state index >= 15 is 0 Å². The summed E-state index contributed by atoms with van der Waals surface area (Å²) in [5, 5.41) is 18.5. The minimum absolute atomic E-state index is 0.0169. The van der Waals surface area contributed by atoms with E-state index in [0.29, 0.717) is 111 Å². The van der Waals surface area contributed by atoms with E-state index in [2.05, 4.69) is 45.7 Å². The first kappa shape index (κ1) is 62.2. The Labute approximate surface area is 395 Å². The van der Waals surface area contributed by atoms with Gasteiger partial charge in [0.05, 0.1) is 32.7 Å². The van der Waals surface area contributed by atoms with Crippen molar-refractivity contribution < 1.29 is 24.0 Å². The van der Waals surface area contributed by atoms with Crippen LogP contribution in [0.1, 0.15) is 149 Å². The molecular formula is C48H100N12O5. The van der Waals surface area contributed by atoms with Crippen molar-refractivity contribution in [2.24, 2.45) is 17.2 Å². The minimum atomic E-state index is -0.196. The predicted molar refractivity (Wildman–Crippen MR) is 268 cm³/mol. The van der Waals surface area contributed by atoms with Gasteiger partial charge in [-0.05, 0) is 45.2 Å². The van der Waals surface area contributed by atoms with Gasteiger partial charge in [-0.25, -0.2) is 0 Å². The zero-order valence-electron chi connectivity index (χ0n) is 41.6. The molecule has 0 aliphatic carbocycles. The zero-order chi connectivity index (χ0) is 47.9. The topological polar surface area (TPSA) is 245 Å². The molecule has 0 atom stereocenters. The quantitative estimate of drug-likeness (QED) is 0.0398. The van der Waals surface area contributed by atoms with Crippen LogP contribution in [-0.4, -0.2) is 175 Å². The fraction of sp³-hybridized carbons (Fsp3) is 0.896. The SMILES string of the molecule is CCCCCCCCCCNC(=O)CN(CCN(CCN(CC(=O)NCCCCCCCCCC)CC(=O)NCCNCCN)CC(=O)NCCCCCN)CC(=O)CCCNCCN. The number of carbonyl (C=O) groups excluding carboxylic acids is 5. The third-order valence-electron chi connectivity index (χ3n) is 11.3. The number of Topliss-reactive ketones (excluding diaryl/α,β-unsaturated/α-hetero) is 1. The Kier molecular flexibility index (Phi) is 45.7. The Hall–Kier alpha value is -2.77. The highest BCUT2D eigenvalue weighted by molar-refractivity contribution is 5.83. The molecule has 0 heterocycles. The first-order valence-corrected chi connectivity index (χ1v) is 26.0. The molecule has 65 heavy (non-hydrogen) atoms. The summed E-state index contributed by atoms with van der Waals surface area (Å²) >= 11 is 0. The molecule has 0 rings (SSSR count). The standard InChI is InChI=1S/C48H100N12O5/c1-3-5-7-9-11-13-15-19-28-55-46(63)41-59(39-44(61)23-22-27-52-31-25-50)37-35-58(40-45(62)54-30-21-17-18-24-49)36-38-60(43-48(65)57-34-33-53-32-26-51)42-47(64)56-29-20-16-14-12-10-8-6-4-2/h52-53H,3-43,49-51H2,1-2H3,(H,54,62)(H,55,63)(H,56,64)(H,57,65). The third kappa shape index (κ3) is 43.6. The van der Waals surface area contributed by atoms with Gasteiger partial charge in [-0.3, -0.25) is 38.7 Å². The number of hydrogen-bond donors (Lipinski definition) is 9.